The van der Waals surface area contributed by atoms with Crippen molar-refractivity contribution in [3.8, 4) is 45.8 Å². The second-order valence-electron chi connectivity index (χ2n) is 9.58. The van der Waals surface area contributed by atoms with E-state index in [0.29, 0.717) is 5.56 Å². The minimum absolute atomic E-state index is 0.0211. The molecular weight excluding hydrogens is 560 g/mol. The van der Waals surface area contributed by atoms with Gasteiger partial charge in [-0.2, -0.15) is 0 Å². The van der Waals surface area contributed by atoms with Gasteiger partial charge in [-0.1, -0.05) is 0 Å². The molecule has 4 aromatic rings. The molecule has 1 aliphatic rings. The van der Waals surface area contributed by atoms with Gasteiger partial charge in [0.2, 0.25) is 0 Å². The van der Waals surface area contributed by atoms with E-state index in [0.717, 1.165) is 24.3 Å². The van der Waals surface area contributed by atoms with Crippen molar-refractivity contribution in [2.24, 2.45) is 0 Å². The fourth-order valence-electron chi connectivity index (χ4n) is 4.64. The lowest BCUT2D eigenvalue weighted by Gasteiger charge is -2.40. The predicted octanol–water partition coefficient (Wildman–Crippen LogP) is 1.07. The summed E-state index contributed by atoms with van der Waals surface area (Å²) in [4.78, 5) is 25.4. The normalized spacial score (nSPS) is 22.2. The van der Waals surface area contributed by atoms with Gasteiger partial charge in [-0.25, -0.2) is 4.79 Å². The van der Waals surface area contributed by atoms with E-state index in [1.165, 1.54) is 24.3 Å². The van der Waals surface area contributed by atoms with Crippen molar-refractivity contribution in [2.75, 3.05) is 6.61 Å². The third-order valence-corrected chi connectivity index (χ3v) is 6.84. The number of hydrogen-bond donors (Lipinski definition) is 9. The number of benzene rings is 3. The Morgan fingerprint density at radius 3 is 2.07 bits per heavy atom. The van der Waals surface area contributed by atoms with Crippen LogP contribution in [0.15, 0.2) is 57.7 Å². The Morgan fingerprint density at radius 2 is 1.43 bits per heavy atom. The van der Waals surface area contributed by atoms with Gasteiger partial charge in [0, 0.05) is 17.7 Å². The number of esters is 1. The highest BCUT2D eigenvalue weighted by Gasteiger charge is 2.46. The lowest BCUT2D eigenvalue weighted by atomic mass is 9.89. The third-order valence-electron chi connectivity index (χ3n) is 6.84. The van der Waals surface area contributed by atoms with Crippen molar-refractivity contribution in [3.05, 3.63) is 69.9 Å². The van der Waals surface area contributed by atoms with Crippen LogP contribution >= 0.6 is 0 Å². The number of ether oxygens (including phenoxy) is 2. The maximum atomic E-state index is 13.0. The van der Waals surface area contributed by atoms with Crippen molar-refractivity contribution in [1.82, 2.24) is 0 Å². The van der Waals surface area contributed by atoms with Gasteiger partial charge in [-0.15, -0.1) is 0 Å². The number of rotatable bonds is 5. The van der Waals surface area contributed by atoms with Crippen molar-refractivity contribution in [1.29, 1.82) is 0 Å². The molecule has 5 atom stereocenters. The zero-order valence-electron chi connectivity index (χ0n) is 21.3. The number of aliphatic hydroxyl groups excluding tert-OH is 3. The van der Waals surface area contributed by atoms with Crippen LogP contribution in [-0.2, 0) is 9.47 Å². The molecule has 220 valence electrons. The summed E-state index contributed by atoms with van der Waals surface area (Å²) in [5, 5.41) is 91.2. The monoisotopic (exact) mass is 584 g/mol. The molecule has 0 bridgehead atoms. The number of carbonyl (C=O) groups excluding carboxylic acids is 1. The molecule has 0 spiro atoms. The van der Waals surface area contributed by atoms with Crippen LogP contribution < -0.4 is 5.43 Å². The fourth-order valence-corrected chi connectivity index (χ4v) is 4.64. The van der Waals surface area contributed by atoms with Crippen LogP contribution in [0, 0.1) is 0 Å². The Hall–Kier alpha value is -5.02. The van der Waals surface area contributed by atoms with Gasteiger partial charge >= 0.3 is 5.97 Å². The molecule has 1 fully saturated rings. The van der Waals surface area contributed by atoms with E-state index in [4.69, 9.17) is 13.9 Å². The summed E-state index contributed by atoms with van der Waals surface area (Å²) in [6, 6.07) is 9.35. The molecule has 5 rings (SSSR count). The molecule has 0 aliphatic carbocycles. The van der Waals surface area contributed by atoms with Crippen molar-refractivity contribution in [2.45, 2.75) is 30.5 Å². The minimum atomic E-state index is -1.93. The molecule has 3 aromatic carbocycles. The molecule has 1 saturated heterocycles. The highest BCUT2D eigenvalue weighted by molar-refractivity contribution is 5.91. The Morgan fingerprint density at radius 1 is 0.786 bits per heavy atom. The summed E-state index contributed by atoms with van der Waals surface area (Å²) < 4.78 is 16.4. The molecule has 0 radical (unpaired) electrons. The van der Waals surface area contributed by atoms with Gasteiger partial charge in [0.05, 0.1) is 11.1 Å². The Bertz CT molecular complexity index is 1700. The van der Waals surface area contributed by atoms with Gasteiger partial charge in [0.25, 0.3) is 0 Å². The summed E-state index contributed by atoms with van der Waals surface area (Å²) in [5.41, 5.74) is -1.46. The minimum Gasteiger partial charge on any atom is -0.508 e. The number of fused-ring (bicyclic) bond motifs is 1. The SMILES string of the molecule is O=C(OCC1O[C@@H](c2c(O)cc3oc(-c4ccc(O)cc4)cc(=O)c3c2O)C(O)[C@@H](O)[C@@H]1O)c1cc(O)c(O)c(O)c1. The Labute approximate surface area is 234 Å². The maximum Gasteiger partial charge on any atom is 0.338 e. The third kappa shape index (κ3) is 4.99. The largest absolute Gasteiger partial charge is 0.508 e. The van der Waals surface area contributed by atoms with E-state index >= 15 is 0 Å². The lowest BCUT2D eigenvalue weighted by Crippen LogP contribution is -2.55. The molecule has 2 unspecified atom stereocenters. The first kappa shape index (κ1) is 28.5. The number of aliphatic hydroxyl groups is 3. The van der Waals surface area contributed by atoms with Crippen molar-refractivity contribution < 1.29 is 64.6 Å². The van der Waals surface area contributed by atoms with E-state index in [-0.39, 0.29) is 22.7 Å². The average molecular weight is 584 g/mol. The van der Waals surface area contributed by atoms with E-state index in [9.17, 15) is 55.5 Å². The molecule has 0 amide bonds. The van der Waals surface area contributed by atoms with Gasteiger partial charge < -0.3 is 59.8 Å². The summed E-state index contributed by atoms with van der Waals surface area (Å²) in [7, 11) is 0. The summed E-state index contributed by atoms with van der Waals surface area (Å²) >= 11 is 0. The lowest BCUT2D eigenvalue weighted by molar-refractivity contribution is -0.232. The predicted molar refractivity (Wildman–Crippen MR) is 140 cm³/mol. The average Bonchev–Trinajstić information content (AvgIpc) is 2.94. The van der Waals surface area contributed by atoms with Gasteiger partial charge in [-0.3, -0.25) is 4.79 Å². The second-order valence-corrected chi connectivity index (χ2v) is 9.58. The standard InChI is InChI=1S/C28H24O14/c29-12-3-1-10(2-4-12)17-7-13(30)20-18(41-17)8-14(31)21(24(20)36)27-26(38)25(37)23(35)19(42-27)9-40-28(39)11-5-15(32)22(34)16(33)6-11/h1-8,19,23,25-27,29,31-38H,9H2/t19?,23-,25+,26?,27+/m1/s1. The number of aromatic hydroxyl groups is 6. The summed E-state index contributed by atoms with van der Waals surface area (Å²) in [6.07, 6.45) is -8.98. The number of phenolic OH excluding ortho intramolecular Hbond substituents is 6. The van der Waals surface area contributed by atoms with Gasteiger partial charge in [0.15, 0.2) is 22.7 Å². The van der Waals surface area contributed by atoms with Crippen LogP contribution in [0.1, 0.15) is 22.0 Å². The highest BCUT2D eigenvalue weighted by atomic mass is 16.6. The number of phenols is 6. The number of carbonyl (C=O) groups is 1. The molecule has 1 aliphatic heterocycles. The fraction of sp³-hybridized carbons (Fsp3) is 0.214. The molecule has 1 aromatic heterocycles. The molecular formula is C28H24O14. The molecule has 14 heteroatoms. The zero-order valence-corrected chi connectivity index (χ0v) is 21.3. The maximum absolute atomic E-state index is 13.0. The highest BCUT2D eigenvalue weighted by Crippen LogP contribution is 2.45. The second kappa shape index (κ2) is 10.8. The van der Waals surface area contributed by atoms with Crippen LogP contribution in [0.4, 0.5) is 0 Å². The van der Waals surface area contributed by atoms with E-state index in [2.05, 4.69) is 0 Å². The Kier molecular flexibility index (Phi) is 7.30. The first-order chi connectivity index (χ1) is 19.9. The van der Waals surface area contributed by atoms with Crippen LogP contribution in [0.3, 0.4) is 0 Å². The molecule has 2 heterocycles. The van der Waals surface area contributed by atoms with E-state index in [1.807, 2.05) is 0 Å². The van der Waals surface area contributed by atoms with Gasteiger partial charge in [-0.05, 0) is 36.4 Å². The molecule has 0 saturated carbocycles. The topological polar surface area (TPSA) is 248 Å². The first-order valence-corrected chi connectivity index (χ1v) is 12.3. The molecule has 14 nitrogen and oxygen atoms in total. The molecule has 42 heavy (non-hydrogen) atoms. The molecule has 9 N–H and O–H groups in total. The van der Waals surface area contributed by atoms with E-state index < -0.39 is 88.2 Å². The van der Waals surface area contributed by atoms with Gasteiger partial charge in [0.1, 0.15) is 71.1 Å². The quantitative estimate of drug-likeness (QED) is 0.118. The summed E-state index contributed by atoms with van der Waals surface area (Å²) in [6.45, 7) is -0.754. The van der Waals surface area contributed by atoms with Crippen LogP contribution in [-0.4, -0.2) is 83.0 Å². The number of hydrogen-bond acceptors (Lipinski definition) is 14. The van der Waals surface area contributed by atoms with E-state index in [1.54, 1.807) is 0 Å². The van der Waals surface area contributed by atoms with Crippen LogP contribution in [0.5, 0.6) is 34.5 Å². The first-order valence-electron chi connectivity index (χ1n) is 12.3. The summed E-state index contributed by atoms with van der Waals surface area (Å²) in [5.74, 6) is -5.12. The van der Waals surface area contributed by atoms with Crippen molar-refractivity contribution in [3.63, 3.8) is 0 Å². The zero-order chi connectivity index (χ0) is 30.5. The van der Waals surface area contributed by atoms with Crippen LogP contribution in [0.25, 0.3) is 22.3 Å². The van der Waals surface area contributed by atoms with Crippen molar-refractivity contribution >= 4 is 16.9 Å². The smallest absolute Gasteiger partial charge is 0.338 e. The van der Waals surface area contributed by atoms with Crippen LogP contribution in [0.2, 0.25) is 0 Å². The Balaban J connectivity index is 1.45.